The molecule has 6 nitrogen and oxygen atoms in total. The van der Waals surface area contributed by atoms with Crippen molar-refractivity contribution in [2.24, 2.45) is 0 Å². The van der Waals surface area contributed by atoms with Crippen molar-refractivity contribution in [2.75, 3.05) is 7.11 Å². The fourth-order valence-electron chi connectivity index (χ4n) is 4.37. The zero-order valence-electron chi connectivity index (χ0n) is 17.4. The molecule has 33 heavy (non-hydrogen) atoms. The number of halogens is 1. The van der Waals surface area contributed by atoms with Gasteiger partial charge in [-0.25, -0.2) is 9.37 Å². The minimum atomic E-state index is -1.13. The predicted molar refractivity (Wildman–Crippen MR) is 122 cm³/mol. The fraction of sp³-hybridized carbons (Fsp3) is 0.120. The van der Waals surface area contributed by atoms with Crippen LogP contribution in [0.2, 0.25) is 0 Å². The van der Waals surface area contributed by atoms with Crippen molar-refractivity contribution in [2.45, 2.75) is 12.0 Å². The van der Waals surface area contributed by atoms with Gasteiger partial charge in [-0.1, -0.05) is 29.5 Å². The molecule has 1 aliphatic heterocycles. The molecule has 0 saturated carbocycles. The van der Waals surface area contributed by atoms with Gasteiger partial charge in [-0.3, -0.25) is 9.20 Å². The Kier molecular flexibility index (Phi) is 4.46. The van der Waals surface area contributed by atoms with E-state index < -0.39 is 18.0 Å². The number of hydrogen-bond acceptors (Lipinski definition) is 6. The molecule has 164 valence electrons. The molecular formula is C25H17FN2O4S. The van der Waals surface area contributed by atoms with Crippen molar-refractivity contribution in [3.8, 4) is 22.8 Å². The lowest BCUT2D eigenvalue weighted by Gasteiger charge is -2.28. The molecule has 1 N–H and O–H groups in total. The predicted octanol–water partition coefficient (Wildman–Crippen LogP) is 5.10. The van der Waals surface area contributed by atoms with Crippen molar-refractivity contribution in [3.05, 3.63) is 83.8 Å². The second-order valence-electron chi connectivity index (χ2n) is 7.79. The van der Waals surface area contributed by atoms with Crippen LogP contribution in [0.5, 0.6) is 11.5 Å². The number of carbonyl (C=O) groups is 1. The molecule has 2 aromatic heterocycles. The van der Waals surface area contributed by atoms with Crippen LogP contribution in [-0.4, -0.2) is 27.6 Å². The second kappa shape index (κ2) is 7.40. The van der Waals surface area contributed by atoms with E-state index in [1.54, 1.807) is 43.5 Å². The summed E-state index contributed by atoms with van der Waals surface area (Å²) in [6.45, 7) is 0. The number of aliphatic hydroxyl groups is 1. The molecule has 0 radical (unpaired) electrons. The van der Waals surface area contributed by atoms with Crippen molar-refractivity contribution < 1.29 is 23.8 Å². The SMILES string of the molecule is COc1ccc2c(c1)sc1nc(-c3ccc(F)cc3)c(C3C(=O)Oc4ccccc4C3O)n12. The molecular weight excluding hydrogens is 443 g/mol. The van der Waals surface area contributed by atoms with Gasteiger partial charge in [-0.2, -0.15) is 0 Å². The molecule has 0 spiro atoms. The van der Waals surface area contributed by atoms with Gasteiger partial charge < -0.3 is 14.6 Å². The van der Waals surface area contributed by atoms with Crippen molar-refractivity contribution in [3.63, 3.8) is 0 Å². The average Bonchev–Trinajstić information content (AvgIpc) is 3.35. The third-order valence-corrected chi connectivity index (χ3v) is 6.92. The molecule has 3 aromatic carbocycles. The number of thiazole rings is 1. The summed E-state index contributed by atoms with van der Waals surface area (Å²) in [5.41, 5.74) is 3.00. The van der Waals surface area contributed by atoms with Crippen molar-refractivity contribution in [1.29, 1.82) is 0 Å². The van der Waals surface area contributed by atoms with Gasteiger partial charge in [-0.05, 0) is 48.5 Å². The number of para-hydroxylation sites is 1. The Morgan fingerprint density at radius 1 is 1.12 bits per heavy atom. The van der Waals surface area contributed by atoms with Crippen LogP contribution in [0.15, 0.2) is 66.7 Å². The van der Waals surface area contributed by atoms with Crippen molar-refractivity contribution in [1.82, 2.24) is 9.38 Å². The topological polar surface area (TPSA) is 73.1 Å². The van der Waals surface area contributed by atoms with E-state index in [1.165, 1.54) is 23.5 Å². The number of methoxy groups -OCH3 is 1. The zero-order valence-corrected chi connectivity index (χ0v) is 18.2. The summed E-state index contributed by atoms with van der Waals surface area (Å²) in [5.74, 6) is -0.910. The number of hydrogen-bond donors (Lipinski definition) is 1. The maximum atomic E-state index is 13.6. The molecule has 6 rings (SSSR count). The van der Waals surface area contributed by atoms with Crippen LogP contribution >= 0.6 is 11.3 Å². The lowest BCUT2D eigenvalue weighted by atomic mass is 9.88. The standard InChI is InChI=1S/C25H17FN2O4S/c1-31-15-10-11-17-19(12-15)33-25-27-21(13-6-8-14(26)9-7-13)22(28(17)25)20-23(29)16-4-2-3-5-18(16)32-24(20)30/h2-12,20,23,29H,1H3. The summed E-state index contributed by atoms with van der Waals surface area (Å²) < 4.78 is 27.4. The van der Waals surface area contributed by atoms with Gasteiger partial charge in [0.05, 0.1) is 28.7 Å². The molecule has 0 saturated heterocycles. The van der Waals surface area contributed by atoms with Crippen LogP contribution in [0.1, 0.15) is 23.3 Å². The first kappa shape index (κ1) is 19.9. The van der Waals surface area contributed by atoms with E-state index >= 15 is 0 Å². The summed E-state index contributed by atoms with van der Waals surface area (Å²) in [7, 11) is 1.60. The Morgan fingerprint density at radius 2 is 1.91 bits per heavy atom. The van der Waals surface area contributed by atoms with Crippen LogP contribution in [0.3, 0.4) is 0 Å². The molecule has 8 heteroatoms. The number of ether oxygens (including phenoxy) is 2. The van der Waals surface area contributed by atoms with E-state index in [2.05, 4.69) is 0 Å². The Morgan fingerprint density at radius 3 is 2.70 bits per heavy atom. The number of aliphatic hydroxyl groups excluding tert-OH is 1. The summed E-state index contributed by atoms with van der Waals surface area (Å²) >= 11 is 1.44. The third-order valence-electron chi connectivity index (χ3n) is 5.92. The highest BCUT2D eigenvalue weighted by molar-refractivity contribution is 7.23. The van der Waals surface area contributed by atoms with Crippen LogP contribution in [0.4, 0.5) is 4.39 Å². The monoisotopic (exact) mass is 460 g/mol. The molecule has 3 heterocycles. The normalized spacial score (nSPS) is 17.8. The van der Waals surface area contributed by atoms with Gasteiger partial charge in [0.25, 0.3) is 0 Å². The van der Waals surface area contributed by atoms with E-state index in [0.29, 0.717) is 39.0 Å². The maximum absolute atomic E-state index is 13.6. The third kappa shape index (κ3) is 3.02. The number of nitrogens with zero attached hydrogens (tertiary/aromatic N) is 2. The quantitative estimate of drug-likeness (QED) is 0.300. The van der Waals surface area contributed by atoms with Gasteiger partial charge in [0.1, 0.15) is 29.3 Å². The second-order valence-corrected chi connectivity index (χ2v) is 8.80. The lowest BCUT2D eigenvalue weighted by Crippen LogP contribution is -2.31. The van der Waals surface area contributed by atoms with E-state index in [-0.39, 0.29) is 5.82 Å². The summed E-state index contributed by atoms with van der Waals surface area (Å²) in [4.78, 5) is 18.7. The summed E-state index contributed by atoms with van der Waals surface area (Å²) in [5, 5.41) is 11.3. The van der Waals surface area contributed by atoms with E-state index in [4.69, 9.17) is 14.5 Å². The maximum Gasteiger partial charge on any atom is 0.323 e. The Balaban J connectivity index is 1.65. The minimum Gasteiger partial charge on any atom is -0.497 e. The van der Waals surface area contributed by atoms with Crippen LogP contribution < -0.4 is 9.47 Å². The van der Waals surface area contributed by atoms with Crippen LogP contribution in [0.25, 0.3) is 26.4 Å². The van der Waals surface area contributed by atoms with Gasteiger partial charge in [-0.15, -0.1) is 0 Å². The first-order valence-corrected chi connectivity index (χ1v) is 11.1. The molecule has 1 aliphatic rings. The molecule has 0 fully saturated rings. The minimum absolute atomic E-state index is 0.343. The highest BCUT2D eigenvalue weighted by atomic mass is 32.1. The Bertz CT molecular complexity index is 1540. The Labute approximate surface area is 191 Å². The molecule has 5 aromatic rings. The summed E-state index contributed by atoms with van der Waals surface area (Å²) in [6.07, 6.45) is -1.13. The molecule has 0 aliphatic carbocycles. The number of fused-ring (bicyclic) bond motifs is 4. The van der Waals surface area contributed by atoms with Crippen molar-refractivity contribution >= 4 is 32.5 Å². The van der Waals surface area contributed by atoms with E-state index in [1.807, 2.05) is 22.6 Å². The summed E-state index contributed by atoms with van der Waals surface area (Å²) in [6, 6.07) is 18.5. The lowest BCUT2D eigenvalue weighted by molar-refractivity contribution is -0.141. The first-order valence-electron chi connectivity index (χ1n) is 10.3. The number of esters is 1. The Hall–Kier alpha value is -3.75. The molecule has 0 amide bonds. The van der Waals surface area contributed by atoms with Gasteiger partial charge >= 0.3 is 5.97 Å². The van der Waals surface area contributed by atoms with Gasteiger partial charge in [0, 0.05) is 11.1 Å². The number of rotatable bonds is 3. The number of benzene rings is 3. The molecule has 0 bridgehead atoms. The number of imidazole rings is 1. The zero-order chi connectivity index (χ0) is 22.7. The molecule has 2 atom stereocenters. The molecule has 2 unspecified atom stereocenters. The average molecular weight is 460 g/mol. The highest BCUT2D eigenvalue weighted by Crippen LogP contribution is 2.46. The largest absolute Gasteiger partial charge is 0.497 e. The smallest absolute Gasteiger partial charge is 0.323 e. The first-order chi connectivity index (χ1) is 16.0. The number of aromatic nitrogens is 2. The van der Waals surface area contributed by atoms with E-state index in [9.17, 15) is 14.3 Å². The van der Waals surface area contributed by atoms with Gasteiger partial charge in [0.2, 0.25) is 0 Å². The van der Waals surface area contributed by atoms with Crippen LogP contribution in [0, 0.1) is 5.82 Å². The van der Waals surface area contributed by atoms with Gasteiger partial charge in [0.15, 0.2) is 4.96 Å². The highest BCUT2D eigenvalue weighted by Gasteiger charge is 2.42. The van der Waals surface area contributed by atoms with E-state index in [0.717, 1.165) is 10.2 Å². The fourth-order valence-corrected chi connectivity index (χ4v) is 5.43. The number of carbonyl (C=O) groups excluding carboxylic acids is 1. The van der Waals surface area contributed by atoms with Crippen LogP contribution in [-0.2, 0) is 4.79 Å².